The number of aromatic nitrogens is 2. The smallest absolute Gasteiger partial charge is 0.357 e. The Balaban J connectivity index is 2.94. The van der Waals surface area contributed by atoms with E-state index in [0.717, 1.165) is 0 Å². The van der Waals surface area contributed by atoms with Crippen LogP contribution in [0.4, 0.5) is 5.82 Å². The molecule has 0 aliphatic heterocycles. The Morgan fingerprint density at radius 2 is 2.14 bits per heavy atom. The number of halogens is 1. The summed E-state index contributed by atoms with van der Waals surface area (Å²) in [6.45, 7) is 5.39. The van der Waals surface area contributed by atoms with Gasteiger partial charge in [-0.15, -0.1) is 0 Å². The maximum atomic E-state index is 12.0. The van der Waals surface area contributed by atoms with Crippen molar-refractivity contribution in [3.63, 3.8) is 0 Å². The number of hydrogen-bond donors (Lipinski definition) is 1. The third-order valence-corrected chi connectivity index (χ3v) is 2.32. The second kappa shape index (κ2) is 7.33. The van der Waals surface area contributed by atoms with E-state index in [2.05, 4.69) is 15.3 Å². The SMILES string of the molecule is COCC(C=O)Nc1cc(C(=O)OC(C)(C)C)nc(Cl)n1. The number of hydrogen-bond acceptors (Lipinski definition) is 7. The minimum atomic E-state index is -0.649. The average molecular weight is 316 g/mol. The highest BCUT2D eigenvalue weighted by atomic mass is 35.5. The molecule has 0 aromatic carbocycles. The van der Waals surface area contributed by atoms with Gasteiger partial charge in [0.1, 0.15) is 23.7 Å². The van der Waals surface area contributed by atoms with Gasteiger partial charge in [0.25, 0.3) is 0 Å². The third kappa shape index (κ3) is 6.05. The molecule has 0 aliphatic carbocycles. The van der Waals surface area contributed by atoms with Crippen LogP contribution >= 0.6 is 11.6 Å². The highest BCUT2D eigenvalue weighted by molar-refractivity contribution is 6.28. The molecule has 7 nitrogen and oxygen atoms in total. The summed E-state index contributed by atoms with van der Waals surface area (Å²) in [5.41, 5.74) is -0.641. The molecule has 0 spiro atoms. The number of carbonyl (C=O) groups excluding carboxylic acids is 2. The van der Waals surface area contributed by atoms with Crippen LogP contribution in [0.1, 0.15) is 31.3 Å². The third-order valence-electron chi connectivity index (χ3n) is 2.15. The van der Waals surface area contributed by atoms with E-state index in [-0.39, 0.29) is 23.4 Å². The molecule has 1 heterocycles. The number of aldehydes is 1. The first kappa shape index (κ1) is 17.3. The number of nitrogens with zero attached hydrogens (tertiary/aromatic N) is 2. The lowest BCUT2D eigenvalue weighted by Gasteiger charge is -2.19. The van der Waals surface area contributed by atoms with E-state index in [0.29, 0.717) is 6.29 Å². The van der Waals surface area contributed by atoms with Crippen molar-refractivity contribution in [1.29, 1.82) is 0 Å². The van der Waals surface area contributed by atoms with Crippen molar-refractivity contribution in [1.82, 2.24) is 9.97 Å². The highest BCUT2D eigenvalue weighted by Crippen LogP contribution is 2.15. The van der Waals surface area contributed by atoms with Crippen LogP contribution in [0.25, 0.3) is 0 Å². The monoisotopic (exact) mass is 315 g/mol. The minimum Gasteiger partial charge on any atom is -0.455 e. The summed E-state index contributed by atoms with van der Waals surface area (Å²) in [4.78, 5) is 30.6. The van der Waals surface area contributed by atoms with Gasteiger partial charge < -0.3 is 19.6 Å². The van der Waals surface area contributed by atoms with Crippen LogP contribution in [0.2, 0.25) is 5.28 Å². The van der Waals surface area contributed by atoms with Gasteiger partial charge in [-0.2, -0.15) is 0 Å². The molecule has 0 saturated carbocycles. The molecule has 0 radical (unpaired) electrons. The summed E-state index contributed by atoms with van der Waals surface area (Å²) in [5.74, 6) is -0.380. The number of rotatable bonds is 6. The molecular formula is C13H18ClN3O4. The highest BCUT2D eigenvalue weighted by Gasteiger charge is 2.20. The molecule has 116 valence electrons. The zero-order valence-corrected chi connectivity index (χ0v) is 13.1. The van der Waals surface area contributed by atoms with Crippen molar-refractivity contribution in [3.05, 3.63) is 17.0 Å². The lowest BCUT2D eigenvalue weighted by Crippen LogP contribution is -2.28. The van der Waals surface area contributed by atoms with E-state index in [1.54, 1.807) is 20.8 Å². The Kier molecular flexibility index (Phi) is 6.04. The second-order valence-corrected chi connectivity index (χ2v) is 5.59. The summed E-state index contributed by atoms with van der Waals surface area (Å²) < 4.78 is 10.1. The van der Waals surface area contributed by atoms with Crippen molar-refractivity contribution < 1.29 is 19.1 Å². The van der Waals surface area contributed by atoms with Gasteiger partial charge in [-0.1, -0.05) is 0 Å². The molecule has 0 saturated heterocycles. The van der Waals surface area contributed by atoms with Crippen LogP contribution in [-0.4, -0.2) is 47.6 Å². The number of nitrogens with one attached hydrogen (secondary N) is 1. The fraction of sp³-hybridized carbons (Fsp3) is 0.538. The largest absolute Gasteiger partial charge is 0.455 e. The quantitative estimate of drug-likeness (QED) is 0.485. The number of esters is 1. The number of carbonyl (C=O) groups is 2. The number of ether oxygens (including phenoxy) is 2. The molecular weight excluding hydrogens is 298 g/mol. The fourth-order valence-corrected chi connectivity index (χ4v) is 1.59. The van der Waals surface area contributed by atoms with Gasteiger partial charge in [0.2, 0.25) is 5.28 Å². The molecule has 1 aromatic heterocycles. The number of anilines is 1. The van der Waals surface area contributed by atoms with Gasteiger partial charge >= 0.3 is 5.97 Å². The summed E-state index contributed by atoms with van der Waals surface area (Å²) in [5, 5.41) is 2.67. The maximum Gasteiger partial charge on any atom is 0.357 e. The van der Waals surface area contributed by atoms with Crippen LogP contribution in [-0.2, 0) is 14.3 Å². The summed E-state index contributed by atoms with van der Waals surface area (Å²) >= 11 is 5.78. The molecule has 1 unspecified atom stereocenters. The number of methoxy groups -OCH3 is 1. The van der Waals surface area contributed by atoms with Crippen molar-refractivity contribution >= 4 is 29.7 Å². The van der Waals surface area contributed by atoms with Gasteiger partial charge in [-0.25, -0.2) is 14.8 Å². The molecule has 1 aromatic rings. The predicted molar refractivity (Wildman–Crippen MR) is 77.6 cm³/mol. The molecule has 0 fully saturated rings. The standard InChI is InChI=1S/C13H18ClN3O4/c1-13(2,3)21-11(19)9-5-10(17-12(14)16-9)15-8(6-18)7-20-4/h5-6,8H,7H2,1-4H3,(H,15,16,17). The van der Waals surface area contributed by atoms with Crippen LogP contribution < -0.4 is 5.32 Å². The van der Waals surface area contributed by atoms with E-state index in [1.807, 2.05) is 0 Å². The zero-order valence-electron chi connectivity index (χ0n) is 12.3. The van der Waals surface area contributed by atoms with Gasteiger partial charge in [-0.3, -0.25) is 0 Å². The Hall–Kier alpha value is -1.73. The predicted octanol–water partition coefficient (Wildman–Crippen LogP) is 1.71. The fourth-order valence-electron chi connectivity index (χ4n) is 1.41. The molecule has 0 bridgehead atoms. The van der Waals surface area contributed by atoms with Crippen LogP contribution in [0.15, 0.2) is 6.07 Å². The summed E-state index contributed by atoms with van der Waals surface area (Å²) in [7, 11) is 1.47. The van der Waals surface area contributed by atoms with Crippen LogP contribution in [0.3, 0.4) is 0 Å². The lowest BCUT2D eigenvalue weighted by atomic mass is 10.2. The molecule has 1 atom stereocenters. The first-order valence-corrected chi connectivity index (χ1v) is 6.61. The van der Waals surface area contributed by atoms with E-state index in [4.69, 9.17) is 21.1 Å². The molecule has 0 aliphatic rings. The molecule has 1 N–H and O–H groups in total. The topological polar surface area (TPSA) is 90.4 Å². The first-order chi connectivity index (χ1) is 9.75. The maximum absolute atomic E-state index is 12.0. The van der Waals surface area contributed by atoms with Crippen molar-refractivity contribution in [2.24, 2.45) is 0 Å². The zero-order chi connectivity index (χ0) is 16.0. The van der Waals surface area contributed by atoms with Crippen molar-refractivity contribution in [2.45, 2.75) is 32.4 Å². The molecule has 1 rings (SSSR count). The van der Waals surface area contributed by atoms with E-state index in [9.17, 15) is 9.59 Å². The molecule has 21 heavy (non-hydrogen) atoms. The normalized spacial score (nSPS) is 12.6. The second-order valence-electron chi connectivity index (χ2n) is 5.25. The Bertz CT molecular complexity index is 517. The van der Waals surface area contributed by atoms with Gasteiger partial charge in [0, 0.05) is 13.2 Å². The summed E-state index contributed by atoms with van der Waals surface area (Å²) in [6, 6.07) is 0.763. The van der Waals surface area contributed by atoms with E-state index in [1.165, 1.54) is 13.2 Å². The Morgan fingerprint density at radius 1 is 1.48 bits per heavy atom. The van der Waals surface area contributed by atoms with Gasteiger partial charge in [0.05, 0.1) is 6.61 Å². The van der Waals surface area contributed by atoms with Crippen molar-refractivity contribution in [3.8, 4) is 0 Å². The lowest BCUT2D eigenvalue weighted by molar-refractivity contribution is -0.109. The molecule has 8 heteroatoms. The molecule has 0 amide bonds. The van der Waals surface area contributed by atoms with Crippen LogP contribution in [0.5, 0.6) is 0 Å². The van der Waals surface area contributed by atoms with E-state index >= 15 is 0 Å². The summed E-state index contributed by atoms with van der Waals surface area (Å²) in [6.07, 6.45) is 0.673. The van der Waals surface area contributed by atoms with Gasteiger partial charge in [0.15, 0.2) is 5.69 Å². The minimum absolute atomic E-state index is 0.00879. The Morgan fingerprint density at radius 3 is 2.67 bits per heavy atom. The van der Waals surface area contributed by atoms with Crippen LogP contribution in [0, 0.1) is 0 Å². The Labute approximate surface area is 128 Å². The van der Waals surface area contributed by atoms with Gasteiger partial charge in [-0.05, 0) is 32.4 Å². The average Bonchev–Trinajstić information content (AvgIpc) is 2.35. The first-order valence-electron chi connectivity index (χ1n) is 6.24. The van der Waals surface area contributed by atoms with Crippen molar-refractivity contribution in [2.75, 3.05) is 19.0 Å². The van der Waals surface area contributed by atoms with E-state index < -0.39 is 17.6 Å².